The first-order valence-corrected chi connectivity index (χ1v) is 16.6. The van der Waals surface area contributed by atoms with E-state index in [4.69, 9.17) is 71.4 Å². The van der Waals surface area contributed by atoms with Gasteiger partial charge in [0.2, 0.25) is 0 Å². The van der Waals surface area contributed by atoms with E-state index in [9.17, 15) is 0 Å². The van der Waals surface area contributed by atoms with E-state index in [0.29, 0.717) is 178 Å². The molecule has 1 N–H and O–H groups in total. The first kappa shape index (κ1) is 45.4. The van der Waals surface area contributed by atoms with Crippen LogP contribution in [0.1, 0.15) is 13.3 Å². The van der Waals surface area contributed by atoms with Crippen LogP contribution in [0.25, 0.3) is 0 Å². The molecule has 278 valence electrons. The third-order valence-electron chi connectivity index (χ3n) is 5.42. The molecule has 15 nitrogen and oxygen atoms in total. The Kier molecular flexibility index (Phi) is 43.8. The van der Waals surface area contributed by atoms with Gasteiger partial charge in [0.1, 0.15) is 0 Å². The summed E-state index contributed by atoms with van der Waals surface area (Å²) in [6, 6.07) is 0. The summed E-state index contributed by atoms with van der Waals surface area (Å²) in [5, 5.41) is 8.58. The van der Waals surface area contributed by atoms with Crippen molar-refractivity contribution in [3.8, 4) is 0 Å². The van der Waals surface area contributed by atoms with Crippen LogP contribution < -0.4 is 0 Å². The average Bonchev–Trinajstić information content (AvgIpc) is 3.07. The predicted molar refractivity (Wildman–Crippen MR) is 169 cm³/mol. The molecular weight excluding hydrogens is 612 g/mol. The predicted octanol–water partition coefficient (Wildman–Crippen LogP) is 0.621. The zero-order chi connectivity index (χ0) is 33.1. The van der Waals surface area contributed by atoms with Gasteiger partial charge in [-0.25, -0.2) is 0 Å². The molecule has 0 radical (unpaired) electrons. The lowest BCUT2D eigenvalue weighted by atomic mass is 10.5. The third kappa shape index (κ3) is 43.4. The van der Waals surface area contributed by atoms with Crippen LogP contribution in [0.5, 0.6) is 0 Å². The molecule has 0 saturated carbocycles. The van der Waals surface area contributed by atoms with Crippen molar-refractivity contribution in [2.75, 3.05) is 192 Å². The van der Waals surface area contributed by atoms with Gasteiger partial charge < -0.3 is 71.4 Å². The second kappa shape index (κ2) is 44.4. The standard InChI is InChI=1S/C31H64O15/c1-2-4-33-6-8-35-10-12-37-14-16-39-18-20-41-22-24-43-26-28-45-30-31-46-29-27-44-25-23-42-21-19-40-17-15-38-13-11-36-9-7-34-5-3-32/h32H,2-31H2,1H3. The van der Waals surface area contributed by atoms with Gasteiger partial charge in [0.05, 0.1) is 185 Å². The zero-order valence-corrected chi connectivity index (χ0v) is 28.4. The van der Waals surface area contributed by atoms with Crippen molar-refractivity contribution in [1.82, 2.24) is 0 Å². The Labute approximate surface area is 276 Å². The minimum Gasteiger partial charge on any atom is -0.394 e. The number of hydrogen-bond donors (Lipinski definition) is 1. The maximum absolute atomic E-state index is 8.58. The van der Waals surface area contributed by atoms with Crippen LogP contribution in [0, 0.1) is 0 Å². The van der Waals surface area contributed by atoms with Crippen molar-refractivity contribution in [2.45, 2.75) is 13.3 Å². The minimum atomic E-state index is 0.0245. The quantitative estimate of drug-likeness (QED) is 0.0899. The highest BCUT2D eigenvalue weighted by Crippen LogP contribution is 1.88. The smallest absolute Gasteiger partial charge is 0.0701 e. The van der Waals surface area contributed by atoms with Gasteiger partial charge in [0.25, 0.3) is 0 Å². The number of aliphatic hydroxyl groups is 1. The fourth-order valence-corrected chi connectivity index (χ4v) is 3.17. The largest absolute Gasteiger partial charge is 0.394 e. The lowest BCUT2D eigenvalue weighted by molar-refractivity contribution is -0.0297. The fourth-order valence-electron chi connectivity index (χ4n) is 3.17. The van der Waals surface area contributed by atoms with Crippen molar-refractivity contribution in [1.29, 1.82) is 0 Å². The summed E-state index contributed by atoms with van der Waals surface area (Å²) in [6.07, 6.45) is 1.02. The molecule has 0 saturated heterocycles. The van der Waals surface area contributed by atoms with Crippen molar-refractivity contribution in [2.24, 2.45) is 0 Å². The molecular formula is C31H64O15. The van der Waals surface area contributed by atoms with Crippen LogP contribution in [0.4, 0.5) is 0 Å². The molecule has 0 spiro atoms. The van der Waals surface area contributed by atoms with E-state index < -0.39 is 0 Å². The number of rotatable bonds is 43. The zero-order valence-electron chi connectivity index (χ0n) is 28.4. The van der Waals surface area contributed by atoms with Gasteiger partial charge >= 0.3 is 0 Å². The van der Waals surface area contributed by atoms with E-state index in [1.165, 1.54) is 0 Å². The molecule has 0 aliphatic rings. The van der Waals surface area contributed by atoms with Crippen molar-refractivity contribution < 1.29 is 71.4 Å². The Morgan fingerprint density at radius 1 is 0.217 bits per heavy atom. The summed E-state index contributed by atoms with van der Waals surface area (Å²) in [4.78, 5) is 0. The Morgan fingerprint density at radius 2 is 0.348 bits per heavy atom. The normalized spacial score (nSPS) is 11.6. The summed E-state index contributed by atoms with van der Waals surface area (Å²) >= 11 is 0. The van der Waals surface area contributed by atoms with E-state index in [2.05, 4.69) is 6.92 Å². The molecule has 0 aromatic carbocycles. The van der Waals surface area contributed by atoms with Crippen LogP contribution in [0.15, 0.2) is 0 Å². The van der Waals surface area contributed by atoms with Crippen LogP contribution in [-0.4, -0.2) is 197 Å². The highest BCUT2D eigenvalue weighted by atomic mass is 16.6. The minimum absolute atomic E-state index is 0.0245. The number of aliphatic hydroxyl groups excluding tert-OH is 1. The maximum Gasteiger partial charge on any atom is 0.0701 e. The van der Waals surface area contributed by atoms with Gasteiger partial charge in [-0.3, -0.25) is 0 Å². The molecule has 0 aliphatic carbocycles. The van der Waals surface area contributed by atoms with Crippen molar-refractivity contribution in [3.05, 3.63) is 0 Å². The molecule has 0 heterocycles. The first-order valence-electron chi connectivity index (χ1n) is 16.6. The Morgan fingerprint density at radius 3 is 0.478 bits per heavy atom. The maximum atomic E-state index is 8.58. The second-order valence-corrected chi connectivity index (χ2v) is 9.30. The summed E-state index contributed by atoms with van der Waals surface area (Å²) in [5.74, 6) is 0. The van der Waals surface area contributed by atoms with E-state index in [1.807, 2.05) is 0 Å². The summed E-state index contributed by atoms with van der Waals surface area (Å²) in [5.41, 5.74) is 0. The van der Waals surface area contributed by atoms with Gasteiger partial charge in [0.15, 0.2) is 0 Å². The van der Waals surface area contributed by atoms with Gasteiger partial charge in [-0.05, 0) is 6.42 Å². The highest BCUT2D eigenvalue weighted by Gasteiger charge is 1.97. The second-order valence-electron chi connectivity index (χ2n) is 9.30. The molecule has 0 aliphatic heterocycles. The van der Waals surface area contributed by atoms with Gasteiger partial charge in [0, 0.05) is 6.61 Å². The van der Waals surface area contributed by atoms with Crippen LogP contribution in [0.2, 0.25) is 0 Å². The molecule has 0 bridgehead atoms. The molecule has 0 fully saturated rings. The molecule has 46 heavy (non-hydrogen) atoms. The monoisotopic (exact) mass is 676 g/mol. The number of ether oxygens (including phenoxy) is 14. The van der Waals surface area contributed by atoms with Crippen LogP contribution in [-0.2, 0) is 66.3 Å². The molecule has 0 atom stereocenters. The summed E-state index contributed by atoms with van der Waals surface area (Å²) in [7, 11) is 0. The molecule has 0 amide bonds. The Bertz CT molecular complexity index is 478. The van der Waals surface area contributed by atoms with Crippen molar-refractivity contribution >= 4 is 0 Å². The molecule has 0 aromatic heterocycles. The average molecular weight is 677 g/mol. The molecule has 15 heteroatoms. The van der Waals surface area contributed by atoms with Crippen molar-refractivity contribution in [3.63, 3.8) is 0 Å². The number of hydrogen-bond acceptors (Lipinski definition) is 15. The fraction of sp³-hybridized carbons (Fsp3) is 1.00. The lowest BCUT2D eigenvalue weighted by Gasteiger charge is -2.09. The van der Waals surface area contributed by atoms with E-state index in [-0.39, 0.29) is 6.61 Å². The van der Waals surface area contributed by atoms with Gasteiger partial charge in [-0.1, -0.05) is 6.92 Å². The van der Waals surface area contributed by atoms with Crippen LogP contribution in [0.3, 0.4) is 0 Å². The highest BCUT2D eigenvalue weighted by molar-refractivity contribution is 4.40. The lowest BCUT2D eigenvalue weighted by Crippen LogP contribution is -2.15. The van der Waals surface area contributed by atoms with E-state index in [1.54, 1.807) is 0 Å². The first-order chi connectivity index (χ1) is 22.9. The Hall–Kier alpha value is -0.600. The van der Waals surface area contributed by atoms with Gasteiger partial charge in [-0.2, -0.15) is 0 Å². The topological polar surface area (TPSA) is 149 Å². The molecule has 0 rings (SSSR count). The molecule has 0 aromatic rings. The Balaban J connectivity index is 3.03. The van der Waals surface area contributed by atoms with E-state index >= 15 is 0 Å². The van der Waals surface area contributed by atoms with Gasteiger partial charge in [-0.15, -0.1) is 0 Å². The SMILES string of the molecule is CCCOCCOCCOCCOCCOCCOCCOCCOCCOCCOCCOCCOCCOCCOCCO. The molecule has 0 unspecified atom stereocenters. The summed E-state index contributed by atoms with van der Waals surface area (Å²) < 4.78 is 75.7. The third-order valence-corrected chi connectivity index (χ3v) is 5.42. The van der Waals surface area contributed by atoms with Crippen LogP contribution >= 0.6 is 0 Å². The summed E-state index contributed by atoms with van der Waals surface area (Å²) in [6.45, 7) is 16.7. The van der Waals surface area contributed by atoms with E-state index in [0.717, 1.165) is 13.0 Å².